The SMILES string of the molecule is CCCN[C@@H](C)c1ccn(C)c1. The molecule has 0 radical (unpaired) electrons. The molecule has 68 valence electrons. The molecule has 0 bridgehead atoms. The molecule has 0 amide bonds. The molecular weight excluding hydrogens is 148 g/mol. The van der Waals surface area contributed by atoms with Crippen molar-refractivity contribution in [3.05, 3.63) is 24.0 Å². The van der Waals surface area contributed by atoms with E-state index in [-0.39, 0.29) is 0 Å². The van der Waals surface area contributed by atoms with Crippen LogP contribution in [0.4, 0.5) is 0 Å². The third-order valence-corrected chi connectivity index (χ3v) is 2.06. The Hall–Kier alpha value is -0.760. The van der Waals surface area contributed by atoms with E-state index in [0.717, 1.165) is 6.54 Å². The van der Waals surface area contributed by atoms with Gasteiger partial charge < -0.3 is 9.88 Å². The molecule has 2 heteroatoms. The topological polar surface area (TPSA) is 17.0 Å². The summed E-state index contributed by atoms with van der Waals surface area (Å²) in [7, 11) is 2.05. The Bertz CT molecular complexity index is 227. The van der Waals surface area contributed by atoms with E-state index < -0.39 is 0 Å². The molecule has 0 aromatic carbocycles. The Morgan fingerprint density at radius 3 is 2.83 bits per heavy atom. The first-order chi connectivity index (χ1) is 5.74. The van der Waals surface area contributed by atoms with Crippen molar-refractivity contribution in [2.45, 2.75) is 26.3 Å². The molecule has 1 rings (SSSR count). The zero-order valence-electron chi connectivity index (χ0n) is 8.17. The zero-order chi connectivity index (χ0) is 8.97. The summed E-state index contributed by atoms with van der Waals surface area (Å²) >= 11 is 0. The van der Waals surface area contributed by atoms with Crippen molar-refractivity contribution in [3.63, 3.8) is 0 Å². The van der Waals surface area contributed by atoms with Crippen molar-refractivity contribution in [3.8, 4) is 0 Å². The quantitative estimate of drug-likeness (QED) is 0.724. The van der Waals surface area contributed by atoms with Gasteiger partial charge in [-0.05, 0) is 31.5 Å². The van der Waals surface area contributed by atoms with Crippen LogP contribution in [0.2, 0.25) is 0 Å². The van der Waals surface area contributed by atoms with Gasteiger partial charge in [0.15, 0.2) is 0 Å². The van der Waals surface area contributed by atoms with Crippen molar-refractivity contribution < 1.29 is 0 Å². The first-order valence-electron chi connectivity index (χ1n) is 4.59. The monoisotopic (exact) mass is 166 g/mol. The highest BCUT2D eigenvalue weighted by Crippen LogP contribution is 2.11. The fourth-order valence-electron chi connectivity index (χ4n) is 1.26. The molecule has 1 N–H and O–H groups in total. The van der Waals surface area contributed by atoms with Crippen LogP contribution in [0.5, 0.6) is 0 Å². The maximum absolute atomic E-state index is 3.45. The van der Waals surface area contributed by atoms with Gasteiger partial charge >= 0.3 is 0 Å². The number of nitrogens with one attached hydrogen (secondary N) is 1. The Labute approximate surface area is 74.6 Å². The minimum absolute atomic E-state index is 0.478. The maximum atomic E-state index is 3.45. The Kier molecular flexibility index (Phi) is 3.35. The molecule has 2 nitrogen and oxygen atoms in total. The molecule has 12 heavy (non-hydrogen) atoms. The highest BCUT2D eigenvalue weighted by molar-refractivity contribution is 5.14. The first kappa shape index (κ1) is 9.33. The van der Waals surface area contributed by atoms with Gasteiger partial charge in [0.2, 0.25) is 0 Å². The predicted molar refractivity (Wildman–Crippen MR) is 52.1 cm³/mol. The summed E-state index contributed by atoms with van der Waals surface area (Å²) in [4.78, 5) is 0. The number of hydrogen-bond donors (Lipinski definition) is 1. The summed E-state index contributed by atoms with van der Waals surface area (Å²) in [6.07, 6.45) is 5.43. The van der Waals surface area contributed by atoms with Gasteiger partial charge in [0, 0.05) is 25.5 Å². The lowest BCUT2D eigenvalue weighted by atomic mass is 10.2. The minimum Gasteiger partial charge on any atom is -0.357 e. The second-order valence-electron chi connectivity index (χ2n) is 3.29. The zero-order valence-corrected chi connectivity index (χ0v) is 8.17. The molecule has 0 fully saturated rings. The second-order valence-corrected chi connectivity index (χ2v) is 3.29. The van der Waals surface area contributed by atoms with Crippen LogP contribution >= 0.6 is 0 Å². The summed E-state index contributed by atoms with van der Waals surface area (Å²) < 4.78 is 2.08. The van der Waals surface area contributed by atoms with Crippen molar-refractivity contribution in [2.75, 3.05) is 6.54 Å². The standard InChI is InChI=1S/C10H18N2/c1-4-6-11-9(2)10-5-7-12(3)8-10/h5,7-9,11H,4,6H2,1-3H3/t9-/m0/s1. The lowest BCUT2D eigenvalue weighted by Gasteiger charge is -2.10. The molecule has 0 saturated heterocycles. The van der Waals surface area contributed by atoms with Crippen molar-refractivity contribution in [1.82, 2.24) is 9.88 Å². The fraction of sp³-hybridized carbons (Fsp3) is 0.600. The van der Waals surface area contributed by atoms with Gasteiger partial charge in [0.25, 0.3) is 0 Å². The predicted octanol–water partition coefficient (Wildman–Crippen LogP) is 2.09. The number of aryl methyl sites for hydroxylation is 1. The van der Waals surface area contributed by atoms with E-state index in [2.05, 4.69) is 49.2 Å². The molecule has 0 aliphatic carbocycles. The molecule has 1 aromatic heterocycles. The van der Waals surface area contributed by atoms with Gasteiger partial charge in [-0.2, -0.15) is 0 Å². The van der Waals surface area contributed by atoms with E-state index in [1.807, 2.05) is 0 Å². The summed E-state index contributed by atoms with van der Waals surface area (Å²) in [6, 6.07) is 2.64. The van der Waals surface area contributed by atoms with Crippen LogP contribution in [0.1, 0.15) is 31.9 Å². The smallest absolute Gasteiger partial charge is 0.0306 e. The molecular formula is C10H18N2. The third-order valence-electron chi connectivity index (χ3n) is 2.06. The van der Waals surface area contributed by atoms with E-state index in [9.17, 15) is 0 Å². The van der Waals surface area contributed by atoms with Crippen LogP contribution in [0.3, 0.4) is 0 Å². The van der Waals surface area contributed by atoms with Gasteiger partial charge in [-0.15, -0.1) is 0 Å². The van der Waals surface area contributed by atoms with Crippen molar-refractivity contribution >= 4 is 0 Å². The number of aromatic nitrogens is 1. The summed E-state index contributed by atoms with van der Waals surface area (Å²) in [6.45, 7) is 5.48. The first-order valence-corrected chi connectivity index (χ1v) is 4.59. The summed E-state index contributed by atoms with van der Waals surface area (Å²) in [5, 5.41) is 3.45. The van der Waals surface area contributed by atoms with Crippen LogP contribution in [0, 0.1) is 0 Å². The number of nitrogens with zero attached hydrogens (tertiary/aromatic N) is 1. The number of rotatable bonds is 4. The molecule has 0 aliphatic heterocycles. The van der Waals surface area contributed by atoms with Crippen LogP contribution in [0.15, 0.2) is 18.5 Å². The minimum atomic E-state index is 0.478. The van der Waals surface area contributed by atoms with Gasteiger partial charge in [-0.3, -0.25) is 0 Å². The van der Waals surface area contributed by atoms with Crippen LogP contribution < -0.4 is 5.32 Å². The molecule has 0 spiro atoms. The Balaban J connectivity index is 2.47. The van der Waals surface area contributed by atoms with E-state index >= 15 is 0 Å². The van der Waals surface area contributed by atoms with Gasteiger partial charge in [-0.25, -0.2) is 0 Å². The highest BCUT2D eigenvalue weighted by atomic mass is 14.9. The highest BCUT2D eigenvalue weighted by Gasteiger charge is 2.03. The molecule has 1 heterocycles. The van der Waals surface area contributed by atoms with E-state index in [0.29, 0.717) is 6.04 Å². The second kappa shape index (κ2) is 4.31. The average Bonchev–Trinajstić information content (AvgIpc) is 2.47. The molecule has 0 saturated carbocycles. The summed E-state index contributed by atoms with van der Waals surface area (Å²) in [5.74, 6) is 0. The maximum Gasteiger partial charge on any atom is 0.0306 e. The van der Waals surface area contributed by atoms with Crippen LogP contribution in [-0.4, -0.2) is 11.1 Å². The molecule has 0 aliphatic rings. The van der Waals surface area contributed by atoms with Gasteiger partial charge in [-0.1, -0.05) is 6.92 Å². The number of hydrogen-bond acceptors (Lipinski definition) is 1. The van der Waals surface area contributed by atoms with Crippen molar-refractivity contribution in [2.24, 2.45) is 7.05 Å². The molecule has 1 atom stereocenters. The van der Waals surface area contributed by atoms with Gasteiger partial charge in [0.05, 0.1) is 0 Å². The normalized spacial score (nSPS) is 13.2. The third kappa shape index (κ3) is 2.38. The Morgan fingerprint density at radius 1 is 1.58 bits per heavy atom. The summed E-state index contributed by atoms with van der Waals surface area (Å²) in [5.41, 5.74) is 1.37. The Morgan fingerprint density at radius 2 is 2.33 bits per heavy atom. The lowest BCUT2D eigenvalue weighted by Crippen LogP contribution is -2.18. The van der Waals surface area contributed by atoms with E-state index in [1.165, 1.54) is 12.0 Å². The lowest BCUT2D eigenvalue weighted by molar-refractivity contribution is 0.570. The van der Waals surface area contributed by atoms with Crippen LogP contribution in [-0.2, 0) is 7.05 Å². The van der Waals surface area contributed by atoms with E-state index in [1.54, 1.807) is 0 Å². The molecule has 1 aromatic rings. The van der Waals surface area contributed by atoms with Crippen LogP contribution in [0.25, 0.3) is 0 Å². The van der Waals surface area contributed by atoms with E-state index in [4.69, 9.17) is 0 Å². The molecule has 0 unspecified atom stereocenters. The largest absolute Gasteiger partial charge is 0.357 e. The fourth-order valence-corrected chi connectivity index (χ4v) is 1.26. The van der Waals surface area contributed by atoms with Gasteiger partial charge in [0.1, 0.15) is 0 Å². The van der Waals surface area contributed by atoms with Crippen molar-refractivity contribution in [1.29, 1.82) is 0 Å². The average molecular weight is 166 g/mol.